The van der Waals surface area contributed by atoms with Crippen molar-refractivity contribution in [3.05, 3.63) is 24.4 Å². The second-order valence-corrected chi connectivity index (χ2v) is 2.22. The maximum absolute atomic E-state index is 4.13. The lowest BCUT2D eigenvalue weighted by atomic mass is 10.2. The van der Waals surface area contributed by atoms with E-state index in [1.54, 1.807) is 0 Å². The van der Waals surface area contributed by atoms with Crippen LogP contribution in [-0.4, -0.2) is 23.8 Å². The molecule has 9 heavy (non-hydrogen) atoms. The number of nitrogens with zero attached hydrogens (tertiary/aromatic N) is 2. The van der Waals surface area contributed by atoms with Crippen molar-refractivity contribution in [2.24, 2.45) is 4.99 Å². The second kappa shape index (κ2) is 1.72. The van der Waals surface area contributed by atoms with E-state index in [4.69, 9.17) is 0 Å². The fraction of sp³-hybridized carbons (Fsp3) is 0.286. The van der Waals surface area contributed by atoms with Crippen LogP contribution in [0.3, 0.4) is 0 Å². The molecule has 2 heterocycles. The molecule has 2 aliphatic rings. The van der Waals surface area contributed by atoms with Crippen molar-refractivity contribution >= 4 is 6.34 Å². The zero-order valence-electron chi connectivity index (χ0n) is 5.07. The predicted octanol–water partition coefficient (Wildman–Crippen LogP) is 0.782. The van der Waals surface area contributed by atoms with Crippen LogP contribution in [-0.2, 0) is 0 Å². The smallest absolute Gasteiger partial charge is 0.0896 e. The van der Waals surface area contributed by atoms with E-state index in [-0.39, 0.29) is 0 Å². The molecule has 0 fully saturated rings. The summed E-state index contributed by atoms with van der Waals surface area (Å²) in [5.74, 6) is 0. The maximum atomic E-state index is 4.13. The third kappa shape index (κ3) is 0.669. The lowest BCUT2D eigenvalue weighted by Gasteiger charge is -2.18. The van der Waals surface area contributed by atoms with Gasteiger partial charge in [0.05, 0.1) is 18.9 Å². The Morgan fingerprint density at radius 1 is 1.44 bits per heavy atom. The van der Waals surface area contributed by atoms with Gasteiger partial charge in [-0.1, -0.05) is 12.2 Å². The molecule has 0 spiro atoms. The van der Waals surface area contributed by atoms with Crippen LogP contribution >= 0.6 is 0 Å². The summed E-state index contributed by atoms with van der Waals surface area (Å²) >= 11 is 0. The van der Waals surface area contributed by atoms with E-state index in [1.807, 2.05) is 18.6 Å². The summed E-state index contributed by atoms with van der Waals surface area (Å²) < 4.78 is 0. The Morgan fingerprint density at radius 2 is 2.44 bits per heavy atom. The molecule has 0 amide bonds. The van der Waals surface area contributed by atoms with E-state index in [2.05, 4.69) is 22.0 Å². The molecule has 2 rings (SSSR count). The molecule has 0 aromatic rings. The lowest BCUT2D eigenvalue weighted by Crippen LogP contribution is -2.25. The van der Waals surface area contributed by atoms with Crippen LogP contribution < -0.4 is 0 Å². The van der Waals surface area contributed by atoms with Gasteiger partial charge in [-0.2, -0.15) is 0 Å². The predicted molar refractivity (Wildman–Crippen MR) is 37.3 cm³/mol. The van der Waals surface area contributed by atoms with Crippen molar-refractivity contribution in [3.63, 3.8) is 0 Å². The average molecular weight is 120 g/mol. The van der Waals surface area contributed by atoms with Crippen molar-refractivity contribution in [1.29, 1.82) is 0 Å². The molecule has 0 saturated carbocycles. The van der Waals surface area contributed by atoms with Crippen molar-refractivity contribution < 1.29 is 0 Å². The number of aliphatic imine (C=N–C) groups is 1. The molecule has 2 nitrogen and oxygen atoms in total. The fourth-order valence-corrected chi connectivity index (χ4v) is 1.08. The summed E-state index contributed by atoms with van der Waals surface area (Å²) in [6.45, 7) is 0.918. The Bertz CT molecular complexity index is 191. The van der Waals surface area contributed by atoms with Crippen LogP contribution in [0.1, 0.15) is 0 Å². The van der Waals surface area contributed by atoms with E-state index >= 15 is 0 Å². The zero-order chi connectivity index (χ0) is 6.10. The Morgan fingerprint density at radius 3 is 3.33 bits per heavy atom. The second-order valence-electron chi connectivity index (χ2n) is 2.22. The Labute approximate surface area is 54.2 Å². The van der Waals surface area contributed by atoms with Gasteiger partial charge in [-0.3, -0.25) is 4.99 Å². The van der Waals surface area contributed by atoms with Crippen LogP contribution in [0.15, 0.2) is 29.4 Å². The first-order valence-electron chi connectivity index (χ1n) is 3.09. The minimum Gasteiger partial charge on any atom is -0.331 e. The van der Waals surface area contributed by atoms with Crippen LogP contribution in [0.4, 0.5) is 0 Å². The van der Waals surface area contributed by atoms with Crippen molar-refractivity contribution in [1.82, 2.24) is 4.90 Å². The van der Waals surface area contributed by atoms with Gasteiger partial charge < -0.3 is 4.90 Å². The molecule has 0 aromatic carbocycles. The Kier molecular flexibility index (Phi) is 0.918. The van der Waals surface area contributed by atoms with E-state index < -0.39 is 0 Å². The Hall–Kier alpha value is -1.05. The highest BCUT2D eigenvalue weighted by molar-refractivity contribution is 5.61. The standard InChI is InChI=1S/C7H8N2/c1-2-4-9-6-8-5-7(9)3-1/h1-4,6-7H,5H2. The molecule has 0 aliphatic carbocycles. The third-order valence-corrected chi connectivity index (χ3v) is 1.59. The highest BCUT2D eigenvalue weighted by atomic mass is 15.2. The highest BCUT2D eigenvalue weighted by Crippen LogP contribution is 2.10. The molecule has 46 valence electrons. The Balaban J connectivity index is 2.25. The molecule has 2 heteroatoms. The van der Waals surface area contributed by atoms with Gasteiger partial charge >= 0.3 is 0 Å². The van der Waals surface area contributed by atoms with Gasteiger partial charge in [0.15, 0.2) is 0 Å². The van der Waals surface area contributed by atoms with Gasteiger partial charge in [0.1, 0.15) is 0 Å². The van der Waals surface area contributed by atoms with E-state index in [0.29, 0.717) is 6.04 Å². The molecule has 0 aromatic heterocycles. The molecule has 1 atom stereocenters. The molecule has 0 bridgehead atoms. The molecule has 0 N–H and O–H groups in total. The van der Waals surface area contributed by atoms with Gasteiger partial charge in [-0.15, -0.1) is 0 Å². The molecular weight excluding hydrogens is 112 g/mol. The first kappa shape index (κ1) is 4.79. The number of fused-ring (bicyclic) bond motifs is 1. The van der Waals surface area contributed by atoms with Crippen molar-refractivity contribution in [2.75, 3.05) is 6.54 Å². The number of hydrogen-bond acceptors (Lipinski definition) is 2. The van der Waals surface area contributed by atoms with Crippen LogP contribution in [0.2, 0.25) is 0 Å². The van der Waals surface area contributed by atoms with E-state index in [0.717, 1.165) is 6.54 Å². The summed E-state index contributed by atoms with van der Waals surface area (Å²) in [7, 11) is 0. The monoisotopic (exact) mass is 120 g/mol. The van der Waals surface area contributed by atoms with Gasteiger partial charge in [0.2, 0.25) is 0 Å². The summed E-state index contributed by atoms with van der Waals surface area (Å²) in [6, 6.07) is 0.509. The number of rotatable bonds is 0. The van der Waals surface area contributed by atoms with Gasteiger partial charge in [-0.05, 0) is 6.08 Å². The first-order chi connectivity index (χ1) is 4.47. The largest absolute Gasteiger partial charge is 0.331 e. The summed E-state index contributed by atoms with van der Waals surface area (Å²) in [5.41, 5.74) is 0. The summed E-state index contributed by atoms with van der Waals surface area (Å²) in [5, 5.41) is 0. The van der Waals surface area contributed by atoms with Crippen LogP contribution in [0, 0.1) is 0 Å². The van der Waals surface area contributed by atoms with Gasteiger partial charge in [0, 0.05) is 6.20 Å². The van der Waals surface area contributed by atoms with Gasteiger partial charge in [-0.25, -0.2) is 0 Å². The quantitative estimate of drug-likeness (QED) is 0.461. The van der Waals surface area contributed by atoms with E-state index in [1.165, 1.54) is 0 Å². The molecule has 0 saturated heterocycles. The summed E-state index contributed by atoms with van der Waals surface area (Å²) in [4.78, 5) is 6.24. The molecular formula is C7H8N2. The minimum absolute atomic E-state index is 0.509. The van der Waals surface area contributed by atoms with Crippen LogP contribution in [0.5, 0.6) is 0 Å². The van der Waals surface area contributed by atoms with Crippen molar-refractivity contribution in [3.8, 4) is 0 Å². The number of hydrogen-bond donors (Lipinski definition) is 0. The minimum atomic E-state index is 0.509. The summed E-state index contributed by atoms with van der Waals surface area (Å²) in [6.07, 6.45) is 10.2. The molecule has 2 aliphatic heterocycles. The van der Waals surface area contributed by atoms with Crippen LogP contribution in [0.25, 0.3) is 0 Å². The van der Waals surface area contributed by atoms with Crippen molar-refractivity contribution in [2.45, 2.75) is 6.04 Å². The number of allylic oxidation sites excluding steroid dienone is 2. The fourth-order valence-electron chi connectivity index (χ4n) is 1.08. The third-order valence-electron chi connectivity index (χ3n) is 1.59. The maximum Gasteiger partial charge on any atom is 0.0896 e. The first-order valence-corrected chi connectivity index (χ1v) is 3.09. The topological polar surface area (TPSA) is 15.6 Å². The lowest BCUT2D eigenvalue weighted by molar-refractivity contribution is 0.518. The molecule has 0 radical (unpaired) electrons. The highest BCUT2D eigenvalue weighted by Gasteiger charge is 2.15. The molecule has 1 unspecified atom stereocenters. The zero-order valence-corrected chi connectivity index (χ0v) is 5.07. The van der Waals surface area contributed by atoms with Gasteiger partial charge in [0.25, 0.3) is 0 Å². The normalized spacial score (nSPS) is 29.3. The van der Waals surface area contributed by atoms with E-state index in [9.17, 15) is 0 Å². The SMILES string of the molecule is C1=CC2CN=CN2C=C1. The average Bonchev–Trinajstić information content (AvgIpc) is 2.33.